The van der Waals surface area contributed by atoms with Crippen LogP contribution in [0.25, 0.3) is 0 Å². The van der Waals surface area contributed by atoms with E-state index in [1.165, 1.54) is 6.20 Å². The lowest BCUT2D eigenvalue weighted by Crippen LogP contribution is -2.29. The molecular formula is C10H14N4O2. The summed E-state index contributed by atoms with van der Waals surface area (Å²) in [5.41, 5.74) is 5.81. The van der Waals surface area contributed by atoms with Crippen LogP contribution in [0.15, 0.2) is 18.3 Å². The maximum absolute atomic E-state index is 11.5. The van der Waals surface area contributed by atoms with E-state index in [4.69, 9.17) is 5.73 Å². The molecule has 6 heteroatoms. The standard InChI is InChI=1S/C10H14N4O2/c1-12-9(15)4-5-13-10(16)7-2-3-8(11)14-6-7/h2-3,6H,4-5H2,1H3,(H2,11,14)(H,12,15)(H,13,16). The summed E-state index contributed by atoms with van der Waals surface area (Å²) < 4.78 is 0. The van der Waals surface area contributed by atoms with Gasteiger partial charge in [0.1, 0.15) is 5.82 Å². The molecule has 0 unspecified atom stereocenters. The van der Waals surface area contributed by atoms with Crippen LogP contribution in [-0.4, -0.2) is 30.4 Å². The quantitative estimate of drug-likeness (QED) is 0.641. The van der Waals surface area contributed by atoms with E-state index in [0.29, 0.717) is 17.9 Å². The minimum Gasteiger partial charge on any atom is -0.384 e. The highest BCUT2D eigenvalue weighted by Gasteiger charge is 2.05. The average molecular weight is 222 g/mol. The third-order valence-electron chi connectivity index (χ3n) is 1.97. The van der Waals surface area contributed by atoms with E-state index in [9.17, 15) is 9.59 Å². The molecule has 0 aromatic carbocycles. The molecule has 0 aliphatic rings. The number of pyridine rings is 1. The zero-order valence-corrected chi connectivity index (χ0v) is 8.99. The molecule has 0 bridgehead atoms. The topological polar surface area (TPSA) is 97.1 Å². The number of nitrogens with one attached hydrogen (secondary N) is 2. The minimum atomic E-state index is -0.267. The van der Waals surface area contributed by atoms with E-state index < -0.39 is 0 Å². The van der Waals surface area contributed by atoms with Crippen LogP contribution in [0.2, 0.25) is 0 Å². The third-order valence-corrected chi connectivity index (χ3v) is 1.97. The number of carbonyl (C=O) groups excluding carboxylic acids is 2. The Morgan fingerprint density at radius 3 is 2.75 bits per heavy atom. The molecule has 0 saturated carbocycles. The van der Waals surface area contributed by atoms with Crippen LogP contribution < -0.4 is 16.4 Å². The highest BCUT2D eigenvalue weighted by molar-refractivity contribution is 5.94. The molecule has 0 radical (unpaired) electrons. The van der Waals surface area contributed by atoms with Crippen LogP contribution in [0.4, 0.5) is 5.82 Å². The Labute approximate surface area is 93.2 Å². The monoisotopic (exact) mass is 222 g/mol. The van der Waals surface area contributed by atoms with E-state index in [1.807, 2.05) is 0 Å². The molecule has 4 N–H and O–H groups in total. The average Bonchev–Trinajstić information content (AvgIpc) is 2.29. The molecule has 0 fully saturated rings. The fraction of sp³-hybridized carbons (Fsp3) is 0.300. The summed E-state index contributed by atoms with van der Waals surface area (Å²) >= 11 is 0. The van der Waals surface area contributed by atoms with Gasteiger partial charge in [-0.05, 0) is 12.1 Å². The van der Waals surface area contributed by atoms with Crippen LogP contribution in [0.3, 0.4) is 0 Å². The lowest BCUT2D eigenvalue weighted by Gasteiger charge is -2.04. The summed E-state index contributed by atoms with van der Waals surface area (Å²) in [4.78, 5) is 26.2. The number of hydrogen-bond acceptors (Lipinski definition) is 4. The Kier molecular flexibility index (Phi) is 4.26. The Bertz CT molecular complexity index is 375. The van der Waals surface area contributed by atoms with Crippen molar-refractivity contribution in [2.24, 2.45) is 0 Å². The normalized spacial score (nSPS) is 9.56. The first kappa shape index (κ1) is 12.0. The number of nitrogen functional groups attached to an aromatic ring is 1. The van der Waals surface area contributed by atoms with E-state index in [1.54, 1.807) is 19.2 Å². The highest BCUT2D eigenvalue weighted by atomic mass is 16.2. The van der Waals surface area contributed by atoms with Gasteiger partial charge < -0.3 is 16.4 Å². The van der Waals surface area contributed by atoms with Gasteiger partial charge in [0.2, 0.25) is 5.91 Å². The maximum Gasteiger partial charge on any atom is 0.252 e. The third kappa shape index (κ3) is 3.56. The highest BCUT2D eigenvalue weighted by Crippen LogP contribution is 2.00. The molecule has 0 aliphatic carbocycles. The predicted molar refractivity (Wildman–Crippen MR) is 59.7 cm³/mol. The maximum atomic E-state index is 11.5. The second-order valence-corrected chi connectivity index (χ2v) is 3.15. The van der Waals surface area contributed by atoms with Gasteiger partial charge in [-0.1, -0.05) is 0 Å². The van der Waals surface area contributed by atoms with Gasteiger partial charge in [0.15, 0.2) is 0 Å². The molecule has 0 atom stereocenters. The Balaban J connectivity index is 2.41. The molecule has 1 rings (SSSR count). The fourth-order valence-electron chi connectivity index (χ4n) is 1.06. The number of carbonyl (C=O) groups is 2. The van der Waals surface area contributed by atoms with Gasteiger partial charge in [0, 0.05) is 26.2 Å². The molecule has 0 saturated heterocycles. The van der Waals surface area contributed by atoms with Crippen LogP contribution in [0.5, 0.6) is 0 Å². The van der Waals surface area contributed by atoms with Crippen LogP contribution >= 0.6 is 0 Å². The number of nitrogens with zero attached hydrogens (tertiary/aromatic N) is 1. The molecule has 0 aliphatic heterocycles. The smallest absolute Gasteiger partial charge is 0.252 e. The van der Waals surface area contributed by atoms with E-state index in [-0.39, 0.29) is 18.2 Å². The van der Waals surface area contributed by atoms with Gasteiger partial charge in [-0.3, -0.25) is 9.59 Å². The first-order valence-corrected chi connectivity index (χ1v) is 4.84. The van der Waals surface area contributed by atoms with Crippen molar-refractivity contribution in [1.82, 2.24) is 15.6 Å². The Morgan fingerprint density at radius 2 is 2.19 bits per heavy atom. The Morgan fingerprint density at radius 1 is 1.44 bits per heavy atom. The summed E-state index contributed by atoms with van der Waals surface area (Å²) in [7, 11) is 1.55. The number of nitrogens with two attached hydrogens (primary N) is 1. The van der Waals surface area contributed by atoms with Crippen LogP contribution in [-0.2, 0) is 4.79 Å². The van der Waals surface area contributed by atoms with Crippen molar-refractivity contribution in [3.05, 3.63) is 23.9 Å². The summed E-state index contributed by atoms with van der Waals surface area (Å²) in [6.45, 7) is 0.295. The zero-order valence-electron chi connectivity index (χ0n) is 8.99. The minimum absolute atomic E-state index is 0.115. The largest absolute Gasteiger partial charge is 0.384 e. The van der Waals surface area contributed by atoms with Crippen molar-refractivity contribution < 1.29 is 9.59 Å². The molecule has 16 heavy (non-hydrogen) atoms. The molecule has 6 nitrogen and oxygen atoms in total. The summed E-state index contributed by atoms with van der Waals surface area (Å²) in [6, 6.07) is 3.13. The zero-order chi connectivity index (χ0) is 12.0. The van der Waals surface area contributed by atoms with E-state index in [0.717, 1.165) is 0 Å². The lowest BCUT2D eigenvalue weighted by molar-refractivity contribution is -0.120. The number of aromatic nitrogens is 1. The van der Waals surface area contributed by atoms with E-state index in [2.05, 4.69) is 15.6 Å². The van der Waals surface area contributed by atoms with Crippen molar-refractivity contribution in [3.63, 3.8) is 0 Å². The fourth-order valence-corrected chi connectivity index (χ4v) is 1.06. The molecule has 1 heterocycles. The molecular weight excluding hydrogens is 208 g/mol. The van der Waals surface area contributed by atoms with Crippen molar-refractivity contribution in [3.8, 4) is 0 Å². The second kappa shape index (κ2) is 5.69. The van der Waals surface area contributed by atoms with Crippen molar-refractivity contribution in [2.75, 3.05) is 19.3 Å². The van der Waals surface area contributed by atoms with Crippen LogP contribution in [0, 0.1) is 0 Å². The summed E-state index contributed by atoms with van der Waals surface area (Å²) in [5.74, 6) is -0.0194. The second-order valence-electron chi connectivity index (χ2n) is 3.15. The number of rotatable bonds is 4. The molecule has 2 amide bonds. The molecule has 1 aromatic rings. The number of anilines is 1. The first-order chi connectivity index (χ1) is 7.63. The van der Waals surface area contributed by atoms with Crippen molar-refractivity contribution in [2.45, 2.75) is 6.42 Å². The SMILES string of the molecule is CNC(=O)CCNC(=O)c1ccc(N)nc1. The Hall–Kier alpha value is -2.11. The van der Waals surface area contributed by atoms with Gasteiger partial charge in [-0.25, -0.2) is 4.98 Å². The van der Waals surface area contributed by atoms with Gasteiger partial charge in [0.05, 0.1) is 5.56 Å². The first-order valence-electron chi connectivity index (χ1n) is 4.84. The number of hydrogen-bond donors (Lipinski definition) is 3. The van der Waals surface area contributed by atoms with Gasteiger partial charge >= 0.3 is 0 Å². The predicted octanol–water partition coefficient (Wildman–Crippen LogP) is -0.470. The van der Waals surface area contributed by atoms with Gasteiger partial charge in [-0.15, -0.1) is 0 Å². The number of amides is 2. The summed E-state index contributed by atoms with van der Waals surface area (Å²) in [6.07, 6.45) is 1.65. The van der Waals surface area contributed by atoms with Gasteiger partial charge in [-0.2, -0.15) is 0 Å². The molecule has 1 aromatic heterocycles. The van der Waals surface area contributed by atoms with Gasteiger partial charge in [0.25, 0.3) is 5.91 Å². The van der Waals surface area contributed by atoms with Crippen molar-refractivity contribution in [1.29, 1.82) is 0 Å². The van der Waals surface area contributed by atoms with Crippen molar-refractivity contribution >= 4 is 17.6 Å². The molecule has 0 spiro atoms. The lowest BCUT2D eigenvalue weighted by atomic mass is 10.2. The van der Waals surface area contributed by atoms with E-state index >= 15 is 0 Å². The van der Waals surface area contributed by atoms with Crippen LogP contribution in [0.1, 0.15) is 16.8 Å². The summed E-state index contributed by atoms with van der Waals surface area (Å²) in [5, 5.41) is 5.07. The molecule has 86 valence electrons.